The van der Waals surface area contributed by atoms with Gasteiger partial charge in [-0.05, 0) is 66.1 Å². The fourth-order valence-electron chi connectivity index (χ4n) is 3.08. The first-order chi connectivity index (χ1) is 15.5. The SMILES string of the molecule is CCCCOc1cc(-c2ccc(P(=O)(OC)OC)cc2)ccc1/C=N/c1ccc(O)cc1. The molecule has 0 fully saturated rings. The van der Waals surface area contributed by atoms with Gasteiger partial charge >= 0.3 is 7.60 Å². The van der Waals surface area contributed by atoms with Crippen LogP contribution in [0.4, 0.5) is 5.69 Å². The molecule has 0 bridgehead atoms. The second kappa shape index (κ2) is 11.1. The van der Waals surface area contributed by atoms with Crippen LogP contribution in [0.5, 0.6) is 11.5 Å². The fraction of sp³-hybridized carbons (Fsp3) is 0.240. The Balaban J connectivity index is 1.89. The molecule has 3 aromatic rings. The predicted molar refractivity (Wildman–Crippen MR) is 129 cm³/mol. The van der Waals surface area contributed by atoms with Crippen LogP contribution in [0.25, 0.3) is 11.1 Å². The Kier molecular flexibility index (Phi) is 8.23. The van der Waals surface area contributed by atoms with Gasteiger partial charge in [-0.15, -0.1) is 0 Å². The monoisotopic (exact) mass is 453 g/mol. The van der Waals surface area contributed by atoms with Crippen molar-refractivity contribution < 1.29 is 23.5 Å². The largest absolute Gasteiger partial charge is 0.508 e. The molecule has 0 aliphatic carbocycles. The van der Waals surface area contributed by atoms with Crippen LogP contribution in [-0.2, 0) is 13.6 Å². The molecule has 0 unspecified atom stereocenters. The van der Waals surface area contributed by atoms with E-state index in [9.17, 15) is 9.67 Å². The maximum atomic E-state index is 12.6. The van der Waals surface area contributed by atoms with E-state index in [1.165, 1.54) is 14.2 Å². The molecule has 32 heavy (non-hydrogen) atoms. The van der Waals surface area contributed by atoms with Gasteiger partial charge in [0.25, 0.3) is 0 Å². The molecule has 0 spiro atoms. The van der Waals surface area contributed by atoms with Crippen LogP contribution in [0, 0.1) is 0 Å². The molecule has 0 aliphatic heterocycles. The second-order valence-electron chi connectivity index (χ2n) is 7.14. The molecule has 3 rings (SSSR count). The maximum Gasteiger partial charge on any atom is 0.360 e. The van der Waals surface area contributed by atoms with Gasteiger partial charge < -0.3 is 18.9 Å². The average Bonchev–Trinajstić information content (AvgIpc) is 2.84. The highest BCUT2D eigenvalue weighted by molar-refractivity contribution is 7.62. The van der Waals surface area contributed by atoms with Crippen LogP contribution >= 0.6 is 7.60 Å². The summed E-state index contributed by atoms with van der Waals surface area (Å²) in [7, 11) is -0.537. The molecule has 0 saturated heterocycles. The second-order valence-corrected chi connectivity index (χ2v) is 9.38. The third-order valence-electron chi connectivity index (χ3n) is 4.97. The molecule has 0 amide bonds. The minimum Gasteiger partial charge on any atom is -0.508 e. The highest BCUT2D eigenvalue weighted by Gasteiger charge is 2.24. The summed E-state index contributed by atoms with van der Waals surface area (Å²) in [6, 6.07) is 19.9. The summed E-state index contributed by atoms with van der Waals surface area (Å²) in [5.74, 6) is 0.942. The van der Waals surface area contributed by atoms with Gasteiger partial charge in [0.05, 0.1) is 17.6 Å². The van der Waals surface area contributed by atoms with Crippen LogP contribution < -0.4 is 10.0 Å². The van der Waals surface area contributed by atoms with Gasteiger partial charge in [-0.2, -0.15) is 0 Å². The van der Waals surface area contributed by atoms with Gasteiger partial charge in [-0.25, -0.2) is 0 Å². The Hall–Kier alpha value is -2.92. The first-order valence-electron chi connectivity index (χ1n) is 10.4. The van der Waals surface area contributed by atoms with Gasteiger partial charge in [-0.3, -0.25) is 9.56 Å². The van der Waals surface area contributed by atoms with E-state index in [4.69, 9.17) is 13.8 Å². The van der Waals surface area contributed by atoms with Crippen molar-refractivity contribution in [2.45, 2.75) is 19.8 Å². The smallest absolute Gasteiger partial charge is 0.360 e. The van der Waals surface area contributed by atoms with Gasteiger partial charge in [0.1, 0.15) is 11.5 Å². The molecule has 168 valence electrons. The summed E-state index contributed by atoms with van der Waals surface area (Å²) in [6.07, 6.45) is 3.75. The third-order valence-corrected chi connectivity index (χ3v) is 6.86. The zero-order valence-electron chi connectivity index (χ0n) is 18.5. The minimum absolute atomic E-state index is 0.204. The number of ether oxygens (including phenoxy) is 1. The number of rotatable bonds is 10. The first-order valence-corrected chi connectivity index (χ1v) is 12.0. The Labute approximate surface area is 189 Å². The number of nitrogens with zero attached hydrogens (tertiary/aromatic N) is 1. The van der Waals surface area contributed by atoms with Crippen LogP contribution in [-0.4, -0.2) is 32.1 Å². The number of hydrogen-bond acceptors (Lipinski definition) is 6. The number of aromatic hydroxyl groups is 1. The summed E-state index contributed by atoms with van der Waals surface area (Å²) in [5, 5.41) is 9.94. The van der Waals surface area contributed by atoms with Crippen molar-refractivity contribution in [1.29, 1.82) is 0 Å². The zero-order chi connectivity index (χ0) is 23.0. The molecule has 0 radical (unpaired) electrons. The van der Waals surface area contributed by atoms with Crippen molar-refractivity contribution >= 4 is 24.8 Å². The summed E-state index contributed by atoms with van der Waals surface area (Å²) in [6.45, 7) is 2.73. The van der Waals surface area contributed by atoms with Crippen LogP contribution in [0.1, 0.15) is 25.3 Å². The molecular formula is C25H28NO5P. The summed E-state index contributed by atoms with van der Waals surface area (Å²) in [5.41, 5.74) is 3.52. The number of benzene rings is 3. The minimum atomic E-state index is -3.28. The van der Waals surface area contributed by atoms with E-state index in [2.05, 4.69) is 11.9 Å². The van der Waals surface area contributed by atoms with E-state index in [1.807, 2.05) is 30.3 Å². The van der Waals surface area contributed by atoms with Crippen molar-refractivity contribution in [3.8, 4) is 22.6 Å². The normalized spacial score (nSPS) is 11.7. The average molecular weight is 453 g/mol. The molecule has 0 saturated carbocycles. The molecular weight excluding hydrogens is 425 g/mol. The quantitative estimate of drug-likeness (QED) is 0.228. The summed E-state index contributed by atoms with van der Waals surface area (Å²) >= 11 is 0. The van der Waals surface area contributed by atoms with Gasteiger partial charge in [-0.1, -0.05) is 31.5 Å². The van der Waals surface area contributed by atoms with E-state index in [0.717, 1.165) is 41.0 Å². The van der Waals surface area contributed by atoms with Crippen LogP contribution in [0.3, 0.4) is 0 Å². The van der Waals surface area contributed by atoms with Gasteiger partial charge in [0.15, 0.2) is 0 Å². The highest BCUT2D eigenvalue weighted by Crippen LogP contribution is 2.45. The van der Waals surface area contributed by atoms with E-state index < -0.39 is 7.60 Å². The van der Waals surface area contributed by atoms with Crippen molar-refractivity contribution in [2.24, 2.45) is 4.99 Å². The molecule has 0 atom stereocenters. The number of aliphatic imine (C=N–C) groups is 1. The highest BCUT2D eigenvalue weighted by atomic mass is 31.2. The molecule has 0 aliphatic rings. The van der Waals surface area contributed by atoms with Crippen molar-refractivity contribution in [3.63, 3.8) is 0 Å². The lowest BCUT2D eigenvalue weighted by Crippen LogP contribution is -2.07. The maximum absolute atomic E-state index is 12.6. The zero-order valence-corrected chi connectivity index (χ0v) is 19.4. The van der Waals surface area contributed by atoms with E-state index >= 15 is 0 Å². The molecule has 0 aromatic heterocycles. The van der Waals surface area contributed by atoms with Gasteiger partial charge in [0, 0.05) is 26.0 Å². The molecule has 6 nitrogen and oxygen atoms in total. The van der Waals surface area contributed by atoms with Gasteiger partial charge in [0.2, 0.25) is 0 Å². The van der Waals surface area contributed by atoms with E-state index in [-0.39, 0.29) is 5.75 Å². The standard InChI is InChI=1S/C25H28NO5P/c1-4-5-16-31-25-17-20(19-8-14-24(15-9-19)32(28,29-2)30-3)6-7-21(25)18-26-22-10-12-23(27)13-11-22/h6-15,17-18,27H,4-5,16H2,1-3H3/b26-18+. The molecule has 1 N–H and O–H groups in total. The number of unbranched alkanes of at least 4 members (excludes halogenated alkanes) is 1. The predicted octanol–water partition coefficient (Wildman–Crippen LogP) is 6.10. The van der Waals surface area contributed by atoms with Crippen LogP contribution in [0.2, 0.25) is 0 Å². The summed E-state index contributed by atoms with van der Waals surface area (Å²) in [4.78, 5) is 4.49. The first kappa shape index (κ1) is 23.7. The lowest BCUT2D eigenvalue weighted by atomic mass is 10.0. The number of phenols is 1. The molecule has 7 heteroatoms. The third kappa shape index (κ3) is 5.86. The Morgan fingerprint density at radius 2 is 1.59 bits per heavy atom. The Morgan fingerprint density at radius 3 is 2.22 bits per heavy atom. The molecule has 0 heterocycles. The van der Waals surface area contributed by atoms with E-state index in [1.54, 1.807) is 42.6 Å². The topological polar surface area (TPSA) is 77.4 Å². The fourth-order valence-corrected chi connectivity index (χ4v) is 4.16. The lowest BCUT2D eigenvalue weighted by Gasteiger charge is -2.14. The van der Waals surface area contributed by atoms with E-state index in [0.29, 0.717) is 11.9 Å². The summed E-state index contributed by atoms with van der Waals surface area (Å²) < 4.78 is 28.7. The number of hydrogen-bond donors (Lipinski definition) is 1. The Bertz CT molecular complexity index is 1090. The van der Waals surface area contributed by atoms with Crippen LogP contribution in [0.15, 0.2) is 71.7 Å². The number of phenolic OH excluding ortho intramolecular Hbond substituents is 1. The lowest BCUT2D eigenvalue weighted by molar-refractivity contribution is 0.287. The van der Waals surface area contributed by atoms with Crippen molar-refractivity contribution in [3.05, 3.63) is 72.3 Å². The molecule has 3 aromatic carbocycles. The van der Waals surface area contributed by atoms with Crippen molar-refractivity contribution in [1.82, 2.24) is 0 Å². The van der Waals surface area contributed by atoms with Crippen molar-refractivity contribution in [2.75, 3.05) is 20.8 Å². The Morgan fingerprint density at radius 1 is 0.938 bits per heavy atom.